The van der Waals surface area contributed by atoms with Crippen molar-refractivity contribution < 1.29 is 0 Å². The average molecular weight is 248 g/mol. The zero-order chi connectivity index (χ0) is 13.0. The molecule has 0 atom stereocenters. The van der Waals surface area contributed by atoms with Crippen LogP contribution >= 0.6 is 0 Å². The normalized spacial score (nSPS) is 17.9. The van der Waals surface area contributed by atoms with Gasteiger partial charge in [0.1, 0.15) is 0 Å². The van der Waals surface area contributed by atoms with Gasteiger partial charge in [0.25, 0.3) is 0 Å². The monoisotopic (exact) mass is 248 g/mol. The molecule has 0 bridgehead atoms. The number of rotatable bonds is 4. The molecule has 0 aromatic carbocycles. The summed E-state index contributed by atoms with van der Waals surface area (Å²) in [7, 11) is 4.30. The van der Waals surface area contributed by atoms with Crippen molar-refractivity contribution in [3.8, 4) is 0 Å². The van der Waals surface area contributed by atoms with Gasteiger partial charge in [-0.15, -0.1) is 0 Å². The van der Waals surface area contributed by atoms with Crippen LogP contribution in [0.25, 0.3) is 0 Å². The predicted octanol–water partition coefficient (Wildman–Crippen LogP) is 1.82. The van der Waals surface area contributed by atoms with Gasteiger partial charge >= 0.3 is 0 Å². The van der Waals surface area contributed by atoms with Crippen molar-refractivity contribution >= 4 is 5.95 Å². The van der Waals surface area contributed by atoms with Crippen molar-refractivity contribution in [1.29, 1.82) is 0 Å². The Morgan fingerprint density at radius 1 is 1.28 bits per heavy atom. The van der Waals surface area contributed by atoms with Crippen LogP contribution in [0.2, 0.25) is 0 Å². The third-order valence-corrected chi connectivity index (χ3v) is 3.81. The largest absolute Gasteiger partial charge is 0.344 e. The van der Waals surface area contributed by atoms with Crippen LogP contribution in [0.15, 0.2) is 12.4 Å². The van der Waals surface area contributed by atoms with E-state index in [1.807, 2.05) is 12.4 Å². The molecule has 2 heterocycles. The number of nitrogens with zero attached hydrogens (tertiary/aromatic N) is 4. The Morgan fingerprint density at radius 3 is 2.44 bits per heavy atom. The second-order valence-corrected chi connectivity index (χ2v) is 5.37. The highest BCUT2D eigenvalue weighted by atomic mass is 15.2. The summed E-state index contributed by atoms with van der Waals surface area (Å²) in [5, 5.41) is 0. The molecule has 100 valence electrons. The van der Waals surface area contributed by atoms with Gasteiger partial charge in [0.05, 0.1) is 0 Å². The van der Waals surface area contributed by atoms with Crippen molar-refractivity contribution in [2.75, 3.05) is 38.6 Å². The molecule has 0 aliphatic carbocycles. The van der Waals surface area contributed by atoms with Crippen molar-refractivity contribution in [3.63, 3.8) is 0 Å². The summed E-state index contributed by atoms with van der Waals surface area (Å²) in [6.07, 6.45) is 7.45. The van der Waals surface area contributed by atoms with Crippen LogP contribution in [0.3, 0.4) is 0 Å². The van der Waals surface area contributed by atoms with Crippen molar-refractivity contribution in [3.05, 3.63) is 18.0 Å². The van der Waals surface area contributed by atoms with Gasteiger partial charge in [-0.25, -0.2) is 9.97 Å². The van der Waals surface area contributed by atoms with Crippen molar-refractivity contribution in [1.82, 2.24) is 14.9 Å². The van der Waals surface area contributed by atoms with E-state index in [2.05, 4.69) is 40.8 Å². The fourth-order valence-electron chi connectivity index (χ4n) is 2.44. The number of anilines is 1. The SMILES string of the molecule is CCc1cnc(N(C)CC2CCN(C)CC2)nc1. The Balaban J connectivity index is 1.88. The highest BCUT2D eigenvalue weighted by Gasteiger charge is 2.18. The fraction of sp³-hybridized carbons (Fsp3) is 0.714. The Morgan fingerprint density at radius 2 is 1.89 bits per heavy atom. The molecule has 1 aromatic rings. The van der Waals surface area contributed by atoms with Gasteiger partial charge in [-0.3, -0.25) is 0 Å². The molecular weight excluding hydrogens is 224 g/mol. The van der Waals surface area contributed by atoms with E-state index in [0.717, 1.165) is 24.8 Å². The molecule has 0 amide bonds. The van der Waals surface area contributed by atoms with E-state index in [0.29, 0.717) is 0 Å². The Bertz CT molecular complexity index is 355. The van der Waals surface area contributed by atoms with E-state index in [1.165, 1.54) is 31.5 Å². The first-order chi connectivity index (χ1) is 8.69. The van der Waals surface area contributed by atoms with E-state index in [9.17, 15) is 0 Å². The first-order valence-corrected chi connectivity index (χ1v) is 6.89. The molecule has 4 nitrogen and oxygen atoms in total. The smallest absolute Gasteiger partial charge is 0.224 e. The maximum atomic E-state index is 4.43. The van der Waals surface area contributed by atoms with Crippen LogP contribution in [0.5, 0.6) is 0 Å². The number of aromatic nitrogens is 2. The third kappa shape index (κ3) is 3.42. The van der Waals surface area contributed by atoms with E-state index >= 15 is 0 Å². The predicted molar refractivity (Wildman–Crippen MR) is 74.9 cm³/mol. The molecule has 2 rings (SSSR count). The molecule has 0 radical (unpaired) electrons. The lowest BCUT2D eigenvalue weighted by Crippen LogP contribution is -2.36. The minimum Gasteiger partial charge on any atom is -0.344 e. The second-order valence-electron chi connectivity index (χ2n) is 5.37. The van der Waals surface area contributed by atoms with Gasteiger partial charge in [0, 0.05) is 26.0 Å². The van der Waals surface area contributed by atoms with Gasteiger partial charge in [-0.2, -0.15) is 0 Å². The molecule has 4 heteroatoms. The Hall–Kier alpha value is -1.16. The lowest BCUT2D eigenvalue weighted by Gasteiger charge is -2.31. The summed E-state index contributed by atoms with van der Waals surface area (Å²) in [5.74, 6) is 1.63. The zero-order valence-electron chi connectivity index (χ0n) is 11.8. The van der Waals surface area contributed by atoms with Gasteiger partial charge < -0.3 is 9.80 Å². The third-order valence-electron chi connectivity index (χ3n) is 3.81. The lowest BCUT2D eigenvalue weighted by molar-refractivity contribution is 0.222. The molecule has 1 aliphatic rings. The topological polar surface area (TPSA) is 32.3 Å². The number of likely N-dealkylation sites (tertiary alicyclic amines) is 1. The van der Waals surface area contributed by atoms with Crippen LogP contribution in [-0.2, 0) is 6.42 Å². The molecule has 0 unspecified atom stereocenters. The summed E-state index contributed by atoms with van der Waals surface area (Å²) in [6.45, 7) is 5.63. The molecule has 1 saturated heterocycles. The molecule has 0 spiro atoms. The number of piperidine rings is 1. The Kier molecular flexibility index (Phi) is 4.53. The van der Waals surface area contributed by atoms with Crippen LogP contribution in [0, 0.1) is 5.92 Å². The number of hydrogen-bond donors (Lipinski definition) is 0. The van der Waals surface area contributed by atoms with Crippen LogP contribution in [0.4, 0.5) is 5.95 Å². The van der Waals surface area contributed by atoms with Gasteiger partial charge in [-0.05, 0) is 50.9 Å². The van der Waals surface area contributed by atoms with E-state index in [-0.39, 0.29) is 0 Å². The highest BCUT2D eigenvalue weighted by Crippen LogP contribution is 2.18. The Labute approximate surface area is 110 Å². The van der Waals surface area contributed by atoms with Crippen LogP contribution in [-0.4, -0.2) is 48.6 Å². The maximum absolute atomic E-state index is 4.43. The molecule has 1 aliphatic heterocycles. The first-order valence-electron chi connectivity index (χ1n) is 6.89. The van der Waals surface area contributed by atoms with Crippen molar-refractivity contribution in [2.24, 2.45) is 5.92 Å². The van der Waals surface area contributed by atoms with Gasteiger partial charge in [0.2, 0.25) is 5.95 Å². The number of hydrogen-bond acceptors (Lipinski definition) is 4. The standard InChI is InChI=1S/C14H24N4/c1-4-12-9-15-14(16-10-12)18(3)11-13-5-7-17(2)8-6-13/h9-10,13H,4-8,11H2,1-3H3. The molecule has 1 fully saturated rings. The molecular formula is C14H24N4. The summed E-state index contributed by atoms with van der Waals surface area (Å²) < 4.78 is 0. The van der Waals surface area contributed by atoms with Gasteiger partial charge in [0.15, 0.2) is 0 Å². The second kappa shape index (κ2) is 6.14. The van der Waals surface area contributed by atoms with Crippen LogP contribution in [0.1, 0.15) is 25.3 Å². The summed E-state index contributed by atoms with van der Waals surface area (Å²) in [5.41, 5.74) is 1.20. The molecule has 0 saturated carbocycles. The molecule has 18 heavy (non-hydrogen) atoms. The fourth-order valence-corrected chi connectivity index (χ4v) is 2.44. The highest BCUT2D eigenvalue weighted by molar-refractivity contribution is 5.28. The van der Waals surface area contributed by atoms with Gasteiger partial charge in [-0.1, -0.05) is 6.92 Å². The average Bonchev–Trinajstić information content (AvgIpc) is 2.41. The lowest BCUT2D eigenvalue weighted by atomic mass is 9.97. The van der Waals surface area contributed by atoms with E-state index < -0.39 is 0 Å². The maximum Gasteiger partial charge on any atom is 0.224 e. The van der Waals surface area contributed by atoms with Crippen molar-refractivity contribution in [2.45, 2.75) is 26.2 Å². The minimum atomic E-state index is 0.778. The minimum absolute atomic E-state index is 0.778. The molecule has 0 N–H and O–H groups in total. The van der Waals surface area contributed by atoms with E-state index in [4.69, 9.17) is 0 Å². The number of aryl methyl sites for hydroxylation is 1. The van der Waals surface area contributed by atoms with Crippen LogP contribution < -0.4 is 4.90 Å². The quantitative estimate of drug-likeness (QED) is 0.813. The first kappa shape index (κ1) is 13.3. The van der Waals surface area contributed by atoms with E-state index in [1.54, 1.807) is 0 Å². The summed E-state index contributed by atoms with van der Waals surface area (Å²) in [6, 6.07) is 0. The summed E-state index contributed by atoms with van der Waals surface area (Å²) >= 11 is 0. The summed E-state index contributed by atoms with van der Waals surface area (Å²) in [4.78, 5) is 13.5. The zero-order valence-corrected chi connectivity index (χ0v) is 11.8. The molecule has 1 aromatic heterocycles.